The third-order valence-corrected chi connectivity index (χ3v) is 4.34. The molecule has 0 aromatic carbocycles. The van der Waals surface area contributed by atoms with E-state index in [1.54, 1.807) is 25.5 Å². The fraction of sp³-hybridized carbons (Fsp3) is 0.556. The van der Waals surface area contributed by atoms with Gasteiger partial charge in [0.15, 0.2) is 0 Å². The molecule has 0 saturated heterocycles. The second-order valence-corrected chi connectivity index (χ2v) is 6.17. The molecule has 5 nitrogen and oxygen atoms in total. The summed E-state index contributed by atoms with van der Waals surface area (Å²) >= 11 is 1.44. The van der Waals surface area contributed by atoms with Crippen molar-refractivity contribution < 1.29 is 8.42 Å². The number of hydrazine groups is 1. The Morgan fingerprint density at radius 3 is 2.69 bits per heavy atom. The van der Waals surface area contributed by atoms with Gasteiger partial charge in [0.2, 0.25) is 0 Å². The molecular weight excluding hydrogens is 246 g/mol. The fourth-order valence-electron chi connectivity index (χ4n) is 1.14. The van der Waals surface area contributed by atoms with E-state index in [4.69, 9.17) is 0 Å². The van der Waals surface area contributed by atoms with Crippen molar-refractivity contribution in [1.82, 2.24) is 15.2 Å². The van der Waals surface area contributed by atoms with Crippen molar-refractivity contribution in [3.63, 3.8) is 0 Å². The van der Waals surface area contributed by atoms with Crippen LogP contribution < -0.4 is 10.1 Å². The van der Waals surface area contributed by atoms with Crippen LogP contribution in [0.15, 0.2) is 16.3 Å². The van der Waals surface area contributed by atoms with Crippen molar-refractivity contribution in [1.29, 1.82) is 0 Å². The van der Waals surface area contributed by atoms with Crippen LogP contribution in [0, 0.1) is 0 Å². The monoisotopic (exact) mass is 263 g/mol. The van der Waals surface area contributed by atoms with E-state index in [0.29, 0.717) is 11.4 Å². The number of rotatable bonds is 6. The van der Waals surface area contributed by atoms with E-state index in [-0.39, 0.29) is 0 Å². The smallest absolute Gasteiger partial charge is 0.254 e. The van der Waals surface area contributed by atoms with Crippen LogP contribution in [0.4, 0.5) is 0 Å². The molecule has 0 aliphatic heterocycles. The summed E-state index contributed by atoms with van der Waals surface area (Å²) in [6.45, 7) is 3.59. The SMILES string of the molecule is CCNCc1cc(S(=O)(=O)NN(C)C)cs1. The van der Waals surface area contributed by atoms with Crippen molar-refractivity contribution in [2.24, 2.45) is 0 Å². The molecule has 0 aliphatic carbocycles. The predicted octanol–water partition coefficient (Wildman–Crippen LogP) is 0.612. The van der Waals surface area contributed by atoms with Gasteiger partial charge in [-0.3, -0.25) is 0 Å². The molecule has 0 spiro atoms. The van der Waals surface area contributed by atoms with Crippen LogP contribution in [0.25, 0.3) is 0 Å². The molecule has 0 saturated carbocycles. The van der Waals surface area contributed by atoms with Gasteiger partial charge in [-0.05, 0) is 12.6 Å². The van der Waals surface area contributed by atoms with Crippen molar-refractivity contribution >= 4 is 21.4 Å². The quantitative estimate of drug-likeness (QED) is 0.738. The molecule has 1 heterocycles. The van der Waals surface area contributed by atoms with Crippen molar-refractivity contribution in [3.05, 3.63) is 16.3 Å². The minimum Gasteiger partial charge on any atom is -0.312 e. The van der Waals surface area contributed by atoms with Crippen LogP contribution in [0.5, 0.6) is 0 Å². The topological polar surface area (TPSA) is 61.4 Å². The van der Waals surface area contributed by atoms with Crippen molar-refractivity contribution in [2.45, 2.75) is 18.4 Å². The summed E-state index contributed by atoms with van der Waals surface area (Å²) in [6.07, 6.45) is 0. The van der Waals surface area contributed by atoms with E-state index in [0.717, 1.165) is 11.4 Å². The zero-order valence-electron chi connectivity index (χ0n) is 9.65. The summed E-state index contributed by atoms with van der Waals surface area (Å²) in [6, 6.07) is 1.69. The number of sulfonamides is 1. The van der Waals surface area contributed by atoms with E-state index >= 15 is 0 Å². The molecule has 1 aromatic heterocycles. The van der Waals surface area contributed by atoms with Gasteiger partial charge < -0.3 is 5.32 Å². The van der Waals surface area contributed by atoms with Crippen LogP contribution in [-0.2, 0) is 16.6 Å². The molecule has 2 N–H and O–H groups in total. The molecule has 92 valence electrons. The number of hydrogen-bond donors (Lipinski definition) is 2. The first kappa shape index (κ1) is 13.6. The van der Waals surface area contributed by atoms with E-state index in [1.165, 1.54) is 16.3 Å². The van der Waals surface area contributed by atoms with Gasteiger partial charge in [0.25, 0.3) is 10.0 Å². The van der Waals surface area contributed by atoms with Crippen LogP contribution >= 0.6 is 11.3 Å². The molecule has 0 radical (unpaired) electrons. The summed E-state index contributed by atoms with van der Waals surface area (Å²) in [5.41, 5.74) is 0. The maximum Gasteiger partial charge on any atom is 0.254 e. The molecule has 0 amide bonds. The highest BCUT2D eigenvalue weighted by Gasteiger charge is 2.16. The molecule has 0 fully saturated rings. The van der Waals surface area contributed by atoms with Crippen LogP contribution in [0.1, 0.15) is 11.8 Å². The Hall–Kier alpha value is -0.470. The van der Waals surface area contributed by atoms with Gasteiger partial charge in [0.05, 0.1) is 4.90 Å². The third-order valence-electron chi connectivity index (χ3n) is 1.79. The Balaban J connectivity index is 2.77. The Morgan fingerprint density at radius 2 is 2.12 bits per heavy atom. The Morgan fingerprint density at radius 1 is 1.44 bits per heavy atom. The largest absolute Gasteiger partial charge is 0.312 e. The Labute approximate surface area is 100 Å². The molecule has 0 aliphatic rings. The van der Waals surface area contributed by atoms with Gasteiger partial charge in [-0.25, -0.2) is 13.4 Å². The highest BCUT2D eigenvalue weighted by atomic mass is 32.2. The predicted molar refractivity (Wildman–Crippen MR) is 65.7 cm³/mol. The highest BCUT2D eigenvalue weighted by molar-refractivity contribution is 7.89. The highest BCUT2D eigenvalue weighted by Crippen LogP contribution is 2.18. The summed E-state index contributed by atoms with van der Waals surface area (Å²) in [7, 11) is -0.121. The summed E-state index contributed by atoms with van der Waals surface area (Å²) < 4.78 is 23.5. The van der Waals surface area contributed by atoms with E-state index in [2.05, 4.69) is 10.1 Å². The number of thiophene rings is 1. The maximum absolute atomic E-state index is 11.8. The third kappa shape index (κ3) is 3.84. The second-order valence-electron chi connectivity index (χ2n) is 3.52. The van der Waals surface area contributed by atoms with Gasteiger partial charge >= 0.3 is 0 Å². The fourth-order valence-corrected chi connectivity index (χ4v) is 3.46. The second kappa shape index (κ2) is 5.74. The molecule has 1 rings (SSSR count). The lowest BCUT2D eigenvalue weighted by Crippen LogP contribution is -2.35. The van der Waals surface area contributed by atoms with Crippen LogP contribution in [0.3, 0.4) is 0 Å². The van der Waals surface area contributed by atoms with E-state index < -0.39 is 10.0 Å². The van der Waals surface area contributed by atoms with Crippen molar-refractivity contribution in [2.75, 3.05) is 20.6 Å². The molecule has 0 bridgehead atoms. The van der Waals surface area contributed by atoms with Gasteiger partial charge in [0, 0.05) is 30.9 Å². The van der Waals surface area contributed by atoms with Crippen LogP contribution in [0.2, 0.25) is 0 Å². The standard InChI is InChI=1S/C9H17N3O2S2/c1-4-10-6-8-5-9(7-15-8)16(13,14)11-12(2)3/h5,7,10-11H,4,6H2,1-3H3. The zero-order valence-corrected chi connectivity index (χ0v) is 11.3. The maximum atomic E-state index is 11.8. The normalized spacial score (nSPS) is 12.2. The summed E-state index contributed by atoms with van der Waals surface area (Å²) in [4.78, 5) is 3.73. The Kier molecular flexibility index (Phi) is 4.88. The Bertz CT molecular complexity index is 426. The molecule has 7 heteroatoms. The lowest BCUT2D eigenvalue weighted by atomic mass is 10.4. The molecule has 1 aromatic rings. The lowest BCUT2D eigenvalue weighted by Gasteiger charge is -2.10. The average molecular weight is 263 g/mol. The molecule has 0 atom stereocenters. The van der Waals surface area contributed by atoms with Gasteiger partial charge in [-0.15, -0.1) is 16.2 Å². The molecule has 16 heavy (non-hydrogen) atoms. The minimum absolute atomic E-state index is 0.319. The number of nitrogens with one attached hydrogen (secondary N) is 2. The first-order chi connectivity index (χ1) is 7.45. The van der Waals surface area contributed by atoms with E-state index in [1.807, 2.05) is 6.92 Å². The van der Waals surface area contributed by atoms with Gasteiger partial charge in [-0.1, -0.05) is 6.92 Å². The average Bonchev–Trinajstić information content (AvgIpc) is 2.61. The van der Waals surface area contributed by atoms with Gasteiger partial charge in [0.1, 0.15) is 0 Å². The molecule has 0 unspecified atom stereocenters. The zero-order chi connectivity index (χ0) is 12.2. The minimum atomic E-state index is -3.41. The lowest BCUT2D eigenvalue weighted by molar-refractivity contribution is 0.364. The van der Waals surface area contributed by atoms with Crippen LogP contribution in [-0.4, -0.2) is 34.1 Å². The summed E-state index contributed by atoms with van der Waals surface area (Å²) in [5, 5.41) is 6.22. The first-order valence-corrected chi connectivity index (χ1v) is 7.30. The first-order valence-electron chi connectivity index (χ1n) is 4.93. The van der Waals surface area contributed by atoms with Gasteiger partial charge in [-0.2, -0.15) is 0 Å². The number of nitrogens with zero attached hydrogens (tertiary/aromatic N) is 1. The molecular formula is C9H17N3O2S2. The van der Waals surface area contributed by atoms with Crippen molar-refractivity contribution in [3.8, 4) is 0 Å². The summed E-state index contributed by atoms with van der Waals surface area (Å²) in [5.74, 6) is 0. The van der Waals surface area contributed by atoms with E-state index in [9.17, 15) is 8.42 Å². The number of hydrogen-bond acceptors (Lipinski definition) is 5.